The van der Waals surface area contributed by atoms with Crippen LogP contribution in [0.15, 0.2) is 24.3 Å². The average Bonchev–Trinajstić information content (AvgIpc) is 3.48. The standard InChI is InChI=1S/C22H23ClN2O3S/c1-12(2)20(27)24-21-18(19(26)14-5-3-4-6-16(14)23)15-9-10-25(11-17(15)29-21)22(28)13-7-8-13/h3-6,12-13H,7-11H2,1-2H3,(H,24,27). The lowest BCUT2D eigenvalue weighted by molar-refractivity contribution is -0.133. The summed E-state index contributed by atoms with van der Waals surface area (Å²) >= 11 is 7.68. The molecule has 1 aliphatic carbocycles. The maximum absolute atomic E-state index is 13.4. The third-order valence-electron chi connectivity index (χ3n) is 5.40. The number of anilines is 1. The fraction of sp³-hybridized carbons (Fsp3) is 0.409. The van der Waals surface area contributed by atoms with Crippen LogP contribution in [0.2, 0.25) is 5.02 Å². The quantitative estimate of drug-likeness (QED) is 0.709. The van der Waals surface area contributed by atoms with Gasteiger partial charge in [-0.1, -0.05) is 37.6 Å². The maximum Gasteiger partial charge on any atom is 0.227 e. The van der Waals surface area contributed by atoms with Crippen molar-refractivity contribution in [1.29, 1.82) is 0 Å². The van der Waals surface area contributed by atoms with Crippen LogP contribution in [-0.2, 0) is 22.6 Å². The molecule has 1 fully saturated rings. The zero-order chi connectivity index (χ0) is 20.7. The number of nitrogens with zero attached hydrogens (tertiary/aromatic N) is 1. The van der Waals surface area contributed by atoms with E-state index in [4.69, 9.17) is 11.6 Å². The number of thiophene rings is 1. The number of carbonyl (C=O) groups is 3. The molecule has 1 aliphatic heterocycles. The molecular formula is C22H23ClN2O3S. The predicted octanol–water partition coefficient (Wildman–Crippen LogP) is 4.52. The largest absolute Gasteiger partial charge is 0.337 e. The first-order valence-corrected chi connectivity index (χ1v) is 11.1. The van der Waals surface area contributed by atoms with Gasteiger partial charge in [0.05, 0.1) is 17.1 Å². The Labute approximate surface area is 179 Å². The Kier molecular flexibility index (Phi) is 5.49. The van der Waals surface area contributed by atoms with Gasteiger partial charge in [-0.15, -0.1) is 11.3 Å². The molecule has 2 amide bonds. The SMILES string of the molecule is CC(C)C(=O)Nc1sc2c(c1C(=O)c1ccccc1Cl)CCN(C(=O)C1CC1)C2. The van der Waals surface area contributed by atoms with E-state index >= 15 is 0 Å². The lowest BCUT2D eigenvalue weighted by atomic mass is 9.96. The highest BCUT2D eigenvalue weighted by Gasteiger charge is 2.37. The van der Waals surface area contributed by atoms with Gasteiger partial charge in [-0.2, -0.15) is 0 Å². The molecule has 1 aromatic heterocycles. The van der Waals surface area contributed by atoms with Gasteiger partial charge in [0.2, 0.25) is 11.8 Å². The number of halogens is 1. The van der Waals surface area contributed by atoms with Crippen LogP contribution in [0.5, 0.6) is 0 Å². The van der Waals surface area contributed by atoms with Gasteiger partial charge in [0.1, 0.15) is 5.00 Å². The van der Waals surface area contributed by atoms with Gasteiger partial charge in [-0.3, -0.25) is 14.4 Å². The second kappa shape index (κ2) is 7.92. The highest BCUT2D eigenvalue weighted by Crippen LogP contribution is 2.41. The monoisotopic (exact) mass is 430 g/mol. The molecule has 1 aromatic carbocycles. The van der Waals surface area contributed by atoms with Crippen molar-refractivity contribution in [1.82, 2.24) is 4.90 Å². The van der Waals surface area contributed by atoms with Crippen molar-refractivity contribution in [2.45, 2.75) is 39.7 Å². The molecule has 0 atom stereocenters. The Morgan fingerprint density at radius 1 is 1.21 bits per heavy atom. The topological polar surface area (TPSA) is 66.5 Å². The van der Waals surface area contributed by atoms with Gasteiger partial charge < -0.3 is 10.2 Å². The molecule has 29 heavy (non-hydrogen) atoms. The molecule has 0 unspecified atom stereocenters. The zero-order valence-corrected chi connectivity index (χ0v) is 18.0. The maximum atomic E-state index is 13.4. The van der Waals surface area contributed by atoms with Crippen LogP contribution in [0.4, 0.5) is 5.00 Å². The molecule has 152 valence electrons. The van der Waals surface area contributed by atoms with E-state index in [1.807, 2.05) is 18.7 Å². The summed E-state index contributed by atoms with van der Waals surface area (Å²) in [5, 5.41) is 3.87. The van der Waals surface area contributed by atoms with Crippen LogP contribution in [0.3, 0.4) is 0 Å². The van der Waals surface area contributed by atoms with Gasteiger partial charge >= 0.3 is 0 Å². The van der Waals surface area contributed by atoms with Gasteiger partial charge in [-0.25, -0.2) is 0 Å². The summed E-state index contributed by atoms with van der Waals surface area (Å²) in [4.78, 5) is 41.1. The third kappa shape index (κ3) is 3.96. The molecule has 2 aliphatic rings. The second-order valence-electron chi connectivity index (χ2n) is 7.94. The normalized spacial score (nSPS) is 15.9. The number of hydrogen-bond acceptors (Lipinski definition) is 4. The van der Waals surface area contributed by atoms with E-state index in [1.54, 1.807) is 24.3 Å². The minimum Gasteiger partial charge on any atom is -0.337 e. The smallest absolute Gasteiger partial charge is 0.227 e. The summed E-state index contributed by atoms with van der Waals surface area (Å²) in [6.45, 7) is 4.72. The van der Waals surface area contributed by atoms with Crippen LogP contribution < -0.4 is 5.32 Å². The average molecular weight is 431 g/mol. The van der Waals surface area contributed by atoms with Gasteiger partial charge in [0.15, 0.2) is 5.78 Å². The van der Waals surface area contributed by atoms with E-state index in [1.165, 1.54) is 11.3 Å². The van der Waals surface area contributed by atoms with E-state index in [9.17, 15) is 14.4 Å². The molecule has 1 N–H and O–H groups in total. The molecule has 0 bridgehead atoms. The lowest BCUT2D eigenvalue weighted by Crippen LogP contribution is -2.36. The van der Waals surface area contributed by atoms with Gasteiger partial charge in [0.25, 0.3) is 0 Å². The molecular weight excluding hydrogens is 408 g/mol. The fourth-order valence-electron chi connectivity index (χ4n) is 3.54. The minimum atomic E-state index is -0.203. The van der Waals surface area contributed by atoms with E-state index < -0.39 is 0 Å². The first-order valence-electron chi connectivity index (χ1n) is 9.90. The molecule has 0 spiro atoms. The van der Waals surface area contributed by atoms with Crippen molar-refractivity contribution >= 4 is 45.5 Å². The van der Waals surface area contributed by atoms with Crippen LogP contribution in [-0.4, -0.2) is 29.0 Å². The van der Waals surface area contributed by atoms with E-state index in [0.29, 0.717) is 40.7 Å². The number of nitrogens with one attached hydrogen (secondary N) is 1. The van der Waals surface area contributed by atoms with E-state index in [-0.39, 0.29) is 29.4 Å². The lowest BCUT2D eigenvalue weighted by Gasteiger charge is -2.27. The fourth-order valence-corrected chi connectivity index (χ4v) is 5.03. The Morgan fingerprint density at radius 3 is 2.59 bits per heavy atom. The summed E-state index contributed by atoms with van der Waals surface area (Å²) < 4.78 is 0. The van der Waals surface area contributed by atoms with Gasteiger partial charge in [0, 0.05) is 28.8 Å². The minimum absolute atomic E-state index is 0.136. The summed E-state index contributed by atoms with van der Waals surface area (Å²) in [6, 6.07) is 6.95. The number of fused-ring (bicyclic) bond motifs is 1. The summed E-state index contributed by atoms with van der Waals surface area (Å²) in [5.41, 5.74) is 1.87. The van der Waals surface area contributed by atoms with Crippen LogP contribution in [0.1, 0.15) is 53.1 Å². The first kappa shape index (κ1) is 20.1. The Balaban J connectivity index is 1.72. The van der Waals surface area contributed by atoms with Crippen molar-refractivity contribution < 1.29 is 14.4 Å². The van der Waals surface area contributed by atoms with Gasteiger partial charge in [-0.05, 0) is 37.0 Å². The molecule has 2 heterocycles. The Bertz CT molecular complexity index is 994. The number of benzene rings is 1. The summed E-state index contributed by atoms with van der Waals surface area (Å²) in [7, 11) is 0. The first-order chi connectivity index (χ1) is 13.9. The van der Waals surface area contributed by atoms with Crippen LogP contribution >= 0.6 is 22.9 Å². The predicted molar refractivity (Wildman–Crippen MR) is 115 cm³/mol. The number of amides is 2. The second-order valence-corrected chi connectivity index (χ2v) is 9.46. The number of carbonyl (C=O) groups excluding carboxylic acids is 3. The highest BCUT2D eigenvalue weighted by atomic mass is 35.5. The van der Waals surface area contributed by atoms with E-state index in [0.717, 1.165) is 23.3 Å². The van der Waals surface area contributed by atoms with Crippen molar-refractivity contribution in [2.75, 3.05) is 11.9 Å². The molecule has 0 saturated heterocycles. The number of hydrogen-bond donors (Lipinski definition) is 1. The van der Waals surface area contributed by atoms with Crippen LogP contribution in [0, 0.1) is 11.8 Å². The summed E-state index contributed by atoms with van der Waals surface area (Å²) in [6.07, 6.45) is 2.55. The summed E-state index contributed by atoms with van der Waals surface area (Å²) in [5.74, 6) is -0.154. The van der Waals surface area contributed by atoms with Crippen molar-refractivity contribution in [2.24, 2.45) is 11.8 Å². The molecule has 4 rings (SSSR count). The molecule has 1 saturated carbocycles. The van der Waals surface area contributed by atoms with Crippen LogP contribution in [0.25, 0.3) is 0 Å². The third-order valence-corrected chi connectivity index (χ3v) is 6.86. The molecule has 0 radical (unpaired) electrons. The van der Waals surface area contributed by atoms with Crippen molar-refractivity contribution in [3.8, 4) is 0 Å². The number of ketones is 1. The highest BCUT2D eigenvalue weighted by molar-refractivity contribution is 7.17. The van der Waals surface area contributed by atoms with Crippen molar-refractivity contribution in [3.05, 3.63) is 50.9 Å². The Hall–Kier alpha value is -2.18. The zero-order valence-electron chi connectivity index (χ0n) is 16.5. The molecule has 5 nitrogen and oxygen atoms in total. The molecule has 2 aromatic rings. The Morgan fingerprint density at radius 2 is 1.93 bits per heavy atom. The number of rotatable bonds is 5. The van der Waals surface area contributed by atoms with E-state index in [2.05, 4.69) is 5.32 Å². The molecule has 7 heteroatoms. The van der Waals surface area contributed by atoms with Crippen molar-refractivity contribution in [3.63, 3.8) is 0 Å².